The molecule has 298 valence electrons. The number of amides is 2. The molecule has 0 saturated heterocycles. The van der Waals surface area contributed by atoms with Crippen LogP contribution in [0.4, 0.5) is 0 Å². The van der Waals surface area contributed by atoms with Gasteiger partial charge in [0.1, 0.15) is 11.5 Å². The van der Waals surface area contributed by atoms with Crippen molar-refractivity contribution in [3.05, 3.63) is 111 Å². The Morgan fingerprint density at radius 1 is 0.464 bits per heavy atom. The predicted octanol–water partition coefficient (Wildman–Crippen LogP) is 5.92. The largest absolute Gasteiger partial charge is 0.507 e. The van der Waals surface area contributed by atoms with E-state index in [4.69, 9.17) is 0 Å². The highest BCUT2D eigenvalue weighted by Crippen LogP contribution is 2.41. The van der Waals surface area contributed by atoms with Gasteiger partial charge < -0.3 is 10.2 Å². The number of benzene rings is 3. The maximum atomic E-state index is 13.4. The van der Waals surface area contributed by atoms with Crippen LogP contribution >= 0.6 is 0 Å². The number of rotatable bonds is 8. The highest BCUT2D eigenvalue weighted by atomic mass is 16.3. The van der Waals surface area contributed by atoms with Gasteiger partial charge in [0.05, 0.1) is 21.5 Å². The van der Waals surface area contributed by atoms with Crippen LogP contribution in [-0.2, 0) is 44.1 Å². The molecule has 0 aliphatic carbocycles. The standard InChI is InChI=1S/C44H54N4O8/c1-41(2,3)29-17-23(18-30(35(29)51)42(4,5)6)13-15-33(49)45-47-37(53)25-21-27-28(22-26(25)38(47)54)40(56)48(39(27)55)46-34(50)16-14-24-19-31(43(7,8)9)36(52)32(20-24)44(10,11)12/h17-22,51-52H,13-16H2,1-12H3,(H,45,49)(H,46,50). The molecular formula is C44H54N4O8. The van der Waals surface area contributed by atoms with E-state index in [0.29, 0.717) is 9.35 Å². The van der Waals surface area contributed by atoms with E-state index < -0.39 is 34.1 Å². The van der Waals surface area contributed by atoms with E-state index in [1.165, 1.54) is 0 Å². The van der Waals surface area contributed by atoms with Crippen LogP contribution in [-0.4, -0.2) is 31.4 Å². The van der Waals surface area contributed by atoms with Crippen LogP contribution in [0.25, 0.3) is 21.5 Å². The Labute approximate surface area is 325 Å². The molecular weight excluding hydrogens is 713 g/mol. The van der Waals surface area contributed by atoms with Gasteiger partial charge in [0, 0.05) is 12.8 Å². The number of aromatic hydroxyl groups is 2. The van der Waals surface area contributed by atoms with Gasteiger partial charge in [0.15, 0.2) is 0 Å². The van der Waals surface area contributed by atoms with Crippen molar-refractivity contribution < 1.29 is 19.8 Å². The SMILES string of the molecule is CC(C)(C)c1cc(CCC(=O)Nn2c(=O)c3cc4c(=O)n(NC(=O)CCc5cc(C(C)(C)C)c(O)c(C(C)(C)C)c5)c(=O)c4cc3c2=O)cc(C(C)(C)C)c1O. The first-order valence-corrected chi connectivity index (χ1v) is 18.9. The summed E-state index contributed by atoms with van der Waals surface area (Å²) in [5.74, 6) is -0.776. The van der Waals surface area contributed by atoms with Crippen LogP contribution in [0.3, 0.4) is 0 Å². The number of hydrogen-bond acceptors (Lipinski definition) is 8. The van der Waals surface area contributed by atoms with Crippen LogP contribution < -0.4 is 33.1 Å². The molecule has 2 amide bonds. The minimum atomic E-state index is -0.864. The summed E-state index contributed by atoms with van der Waals surface area (Å²) in [5.41, 5.74) is 4.44. The van der Waals surface area contributed by atoms with Gasteiger partial charge in [-0.05, 0) is 80.0 Å². The van der Waals surface area contributed by atoms with Crippen molar-refractivity contribution in [2.75, 3.05) is 10.9 Å². The second-order valence-electron chi connectivity index (χ2n) is 19.0. The average Bonchev–Trinajstić information content (AvgIpc) is 3.43. The predicted molar refractivity (Wildman–Crippen MR) is 221 cm³/mol. The van der Waals surface area contributed by atoms with Crippen molar-refractivity contribution in [2.24, 2.45) is 0 Å². The molecule has 5 aromatic rings. The van der Waals surface area contributed by atoms with Crippen molar-refractivity contribution in [3.8, 4) is 11.5 Å². The highest BCUT2D eigenvalue weighted by molar-refractivity contribution is 5.98. The zero-order chi connectivity index (χ0) is 42.0. The smallest absolute Gasteiger partial charge is 0.280 e. The number of aromatic nitrogens is 2. The number of fused-ring (bicyclic) bond motifs is 2. The summed E-state index contributed by atoms with van der Waals surface area (Å²) in [6.45, 7) is 23.9. The summed E-state index contributed by atoms with van der Waals surface area (Å²) >= 11 is 0. The molecule has 2 heterocycles. The molecule has 56 heavy (non-hydrogen) atoms. The van der Waals surface area contributed by atoms with E-state index in [1.807, 2.05) is 107 Å². The number of phenols is 2. The van der Waals surface area contributed by atoms with Gasteiger partial charge in [0.2, 0.25) is 11.8 Å². The van der Waals surface area contributed by atoms with Gasteiger partial charge >= 0.3 is 0 Å². The van der Waals surface area contributed by atoms with Crippen LogP contribution in [0.15, 0.2) is 55.6 Å². The van der Waals surface area contributed by atoms with Gasteiger partial charge in [-0.15, -0.1) is 0 Å². The zero-order valence-corrected chi connectivity index (χ0v) is 34.5. The lowest BCUT2D eigenvalue weighted by molar-refractivity contribution is -0.117. The minimum absolute atomic E-state index is 0.0737. The zero-order valence-electron chi connectivity index (χ0n) is 34.5. The fourth-order valence-electron chi connectivity index (χ4n) is 7.02. The van der Waals surface area contributed by atoms with Gasteiger partial charge in [-0.2, -0.15) is 9.35 Å². The molecule has 0 fully saturated rings. The third kappa shape index (κ3) is 8.06. The molecule has 0 bridgehead atoms. The summed E-state index contributed by atoms with van der Waals surface area (Å²) in [6.07, 6.45) is 0.391. The van der Waals surface area contributed by atoms with E-state index in [1.54, 1.807) is 0 Å². The molecule has 0 unspecified atom stereocenters. The summed E-state index contributed by atoms with van der Waals surface area (Å²) in [5, 5.41) is 21.4. The molecule has 0 saturated carbocycles. The monoisotopic (exact) mass is 766 g/mol. The maximum Gasteiger partial charge on any atom is 0.280 e. The Kier molecular flexibility index (Phi) is 10.6. The molecule has 3 aromatic carbocycles. The molecule has 12 heteroatoms. The second kappa shape index (κ2) is 14.2. The van der Waals surface area contributed by atoms with Crippen molar-refractivity contribution in [3.63, 3.8) is 0 Å². The fraction of sp³-hybridized carbons (Fsp3) is 0.455. The second-order valence-corrected chi connectivity index (χ2v) is 19.0. The van der Waals surface area contributed by atoms with Crippen molar-refractivity contribution >= 4 is 33.4 Å². The highest BCUT2D eigenvalue weighted by Gasteiger charge is 2.29. The summed E-state index contributed by atoms with van der Waals surface area (Å²) in [7, 11) is 0. The summed E-state index contributed by atoms with van der Waals surface area (Å²) in [6, 6.07) is 9.73. The normalized spacial score (nSPS) is 12.8. The first-order chi connectivity index (χ1) is 25.6. The first-order valence-electron chi connectivity index (χ1n) is 18.9. The van der Waals surface area contributed by atoms with Crippen LogP contribution in [0, 0.1) is 0 Å². The Morgan fingerprint density at radius 2 is 0.696 bits per heavy atom. The number of phenolic OH excluding ortho intramolecular Hbond substituents is 2. The molecule has 12 nitrogen and oxygen atoms in total. The number of hydrogen-bond donors (Lipinski definition) is 4. The van der Waals surface area contributed by atoms with Gasteiger partial charge in [-0.3, -0.25) is 39.6 Å². The number of aryl methyl sites for hydroxylation is 2. The third-order valence-corrected chi connectivity index (χ3v) is 10.2. The summed E-state index contributed by atoms with van der Waals surface area (Å²) < 4.78 is 1.16. The van der Waals surface area contributed by atoms with E-state index in [-0.39, 0.29) is 80.4 Å². The van der Waals surface area contributed by atoms with E-state index in [9.17, 15) is 39.0 Å². The van der Waals surface area contributed by atoms with Crippen molar-refractivity contribution in [1.29, 1.82) is 0 Å². The molecule has 0 aliphatic rings. The maximum absolute atomic E-state index is 13.4. The molecule has 0 spiro atoms. The first kappa shape index (κ1) is 41.6. The topological polar surface area (TPSA) is 177 Å². The molecule has 0 radical (unpaired) electrons. The fourth-order valence-corrected chi connectivity index (χ4v) is 7.02. The molecule has 0 atom stereocenters. The van der Waals surface area contributed by atoms with E-state index >= 15 is 0 Å². The van der Waals surface area contributed by atoms with E-state index in [2.05, 4.69) is 10.9 Å². The van der Waals surface area contributed by atoms with Crippen LogP contribution in [0.5, 0.6) is 11.5 Å². The van der Waals surface area contributed by atoms with Gasteiger partial charge in [-0.1, -0.05) is 107 Å². The quantitative estimate of drug-likeness (QED) is 0.151. The Morgan fingerprint density at radius 3 is 0.911 bits per heavy atom. The number of carbonyl (C=O) groups excluding carboxylic acids is 2. The third-order valence-electron chi connectivity index (χ3n) is 10.2. The number of carbonyl (C=O) groups is 2. The van der Waals surface area contributed by atoms with Gasteiger partial charge in [-0.25, -0.2) is 0 Å². The molecule has 5 rings (SSSR count). The van der Waals surface area contributed by atoms with Crippen LogP contribution in [0.2, 0.25) is 0 Å². The number of nitrogens with zero attached hydrogens (tertiary/aromatic N) is 2. The Bertz CT molecular complexity index is 2280. The molecule has 0 aliphatic heterocycles. The lowest BCUT2D eigenvalue weighted by atomic mass is 9.78. The Balaban J connectivity index is 1.36. The Hall–Kier alpha value is -5.52. The summed E-state index contributed by atoms with van der Waals surface area (Å²) in [4.78, 5) is 79.8. The molecule has 4 N–H and O–H groups in total. The van der Waals surface area contributed by atoms with Crippen molar-refractivity contribution in [1.82, 2.24) is 9.35 Å². The molecule has 2 aromatic heterocycles. The lowest BCUT2D eigenvalue weighted by Gasteiger charge is -2.28. The average molecular weight is 767 g/mol. The van der Waals surface area contributed by atoms with Crippen molar-refractivity contribution in [2.45, 2.75) is 130 Å². The van der Waals surface area contributed by atoms with Gasteiger partial charge in [0.25, 0.3) is 22.2 Å². The number of nitrogens with one attached hydrogen (secondary N) is 2. The van der Waals surface area contributed by atoms with Crippen LogP contribution in [0.1, 0.15) is 129 Å². The minimum Gasteiger partial charge on any atom is -0.507 e. The lowest BCUT2D eigenvalue weighted by Crippen LogP contribution is -2.38. The van der Waals surface area contributed by atoms with E-state index in [0.717, 1.165) is 45.5 Å².